The molecule has 1 atom stereocenters. The summed E-state index contributed by atoms with van der Waals surface area (Å²) in [7, 11) is 0. The molecule has 1 aromatic heterocycles. The van der Waals surface area contributed by atoms with Gasteiger partial charge in [0.05, 0.1) is 24.3 Å². The number of nitrogens with zero attached hydrogens (tertiary/aromatic N) is 2. The largest absolute Gasteiger partial charge is 0.489 e. The number of carbonyl (C=O) groups is 2. The molecule has 25 heavy (non-hydrogen) atoms. The first kappa shape index (κ1) is 16.8. The average Bonchev–Trinajstić information content (AvgIpc) is 3.06. The molecule has 7 heteroatoms. The predicted octanol–water partition coefficient (Wildman–Crippen LogP) is 2.02. The number of benzene rings is 1. The average molecular weight is 341 g/mol. The Morgan fingerprint density at radius 2 is 2.28 bits per heavy atom. The zero-order chi connectivity index (χ0) is 18.0. The van der Waals surface area contributed by atoms with Gasteiger partial charge in [-0.05, 0) is 30.7 Å². The third kappa shape index (κ3) is 3.55. The lowest BCUT2D eigenvalue weighted by atomic mass is 10.0. The van der Waals surface area contributed by atoms with Crippen LogP contribution >= 0.6 is 0 Å². The number of carboxylic acids is 1. The summed E-state index contributed by atoms with van der Waals surface area (Å²) in [6, 6.07) is 5.78. The highest BCUT2D eigenvalue weighted by molar-refractivity contribution is 5.97. The Kier molecular flexibility index (Phi) is 4.56. The maximum atomic E-state index is 12.9. The quantitative estimate of drug-likeness (QED) is 0.811. The van der Waals surface area contributed by atoms with Crippen molar-refractivity contribution in [2.24, 2.45) is 0 Å². The molecular weight excluding hydrogens is 322 g/mol. The van der Waals surface area contributed by atoms with Crippen molar-refractivity contribution in [1.82, 2.24) is 14.9 Å². The van der Waals surface area contributed by atoms with Gasteiger partial charge in [0.1, 0.15) is 18.4 Å². The fourth-order valence-corrected chi connectivity index (χ4v) is 2.76. The summed E-state index contributed by atoms with van der Waals surface area (Å²) in [4.78, 5) is 32.9. The van der Waals surface area contributed by atoms with Crippen LogP contribution in [0.2, 0.25) is 0 Å². The van der Waals surface area contributed by atoms with E-state index >= 15 is 0 Å². The van der Waals surface area contributed by atoms with E-state index in [1.165, 1.54) is 11.2 Å². The molecule has 2 N–H and O–H groups in total. The van der Waals surface area contributed by atoms with E-state index in [1.807, 2.05) is 6.92 Å². The molecule has 0 unspecified atom stereocenters. The monoisotopic (exact) mass is 341 g/mol. The van der Waals surface area contributed by atoms with Crippen molar-refractivity contribution in [1.29, 1.82) is 0 Å². The number of aliphatic carboxylic acids is 1. The van der Waals surface area contributed by atoms with Crippen LogP contribution in [0.3, 0.4) is 0 Å². The molecular formula is C18H19N3O4. The van der Waals surface area contributed by atoms with Crippen molar-refractivity contribution in [3.05, 3.63) is 59.7 Å². The van der Waals surface area contributed by atoms with Gasteiger partial charge >= 0.3 is 5.97 Å². The minimum absolute atomic E-state index is 0.183. The number of aromatic nitrogens is 2. The molecule has 2 heterocycles. The van der Waals surface area contributed by atoms with Crippen LogP contribution in [0.15, 0.2) is 42.7 Å². The van der Waals surface area contributed by atoms with E-state index < -0.39 is 12.0 Å². The van der Waals surface area contributed by atoms with Crippen molar-refractivity contribution in [2.75, 3.05) is 6.61 Å². The van der Waals surface area contributed by atoms with Gasteiger partial charge in [-0.15, -0.1) is 0 Å². The third-order valence-electron chi connectivity index (χ3n) is 4.01. The standard InChI is InChI=1S/C18H19N3O4/c1-11(2)9-25-13-5-3-4-12(6-13)17(22)21-8-15-14(19-10-20-15)7-16(21)18(23)24/h3-6,10,16H,1,7-9H2,2H3,(H,19,20)(H,23,24)/t16-/m0/s1. The Morgan fingerprint density at radius 3 is 3.00 bits per heavy atom. The van der Waals surface area contributed by atoms with Crippen LogP contribution in [0.25, 0.3) is 0 Å². The van der Waals surface area contributed by atoms with E-state index in [9.17, 15) is 14.7 Å². The van der Waals surface area contributed by atoms with Gasteiger partial charge in [-0.2, -0.15) is 0 Å². The van der Waals surface area contributed by atoms with E-state index in [1.54, 1.807) is 24.3 Å². The topological polar surface area (TPSA) is 95.5 Å². The Morgan fingerprint density at radius 1 is 1.48 bits per heavy atom. The number of rotatable bonds is 5. The smallest absolute Gasteiger partial charge is 0.326 e. The van der Waals surface area contributed by atoms with E-state index in [4.69, 9.17) is 4.74 Å². The normalized spacial score (nSPS) is 16.2. The van der Waals surface area contributed by atoms with Gasteiger partial charge in [-0.25, -0.2) is 9.78 Å². The van der Waals surface area contributed by atoms with Gasteiger partial charge < -0.3 is 19.7 Å². The fraction of sp³-hybridized carbons (Fsp3) is 0.278. The molecule has 1 amide bonds. The lowest BCUT2D eigenvalue weighted by Gasteiger charge is -2.32. The number of ether oxygens (including phenoxy) is 1. The number of hydrogen-bond donors (Lipinski definition) is 2. The second-order valence-electron chi connectivity index (χ2n) is 6.09. The molecule has 0 fully saturated rings. The van der Waals surface area contributed by atoms with E-state index in [-0.39, 0.29) is 18.9 Å². The van der Waals surface area contributed by atoms with Crippen LogP contribution in [0.5, 0.6) is 5.75 Å². The molecule has 3 rings (SSSR count). The van der Waals surface area contributed by atoms with Gasteiger partial charge in [0.15, 0.2) is 0 Å². The van der Waals surface area contributed by atoms with E-state index in [0.29, 0.717) is 23.6 Å². The number of nitrogens with one attached hydrogen (secondary N) is 1. The van der Waals surface area contributed by atoms with Crippen LogP contribution in [0.1, 0.15) is 28.7 Å². The highest BCUT2D eigenvalue weighted by Crippen LogP contribution is 2.24. The molecule has 0 bridgehead atoms. The molecule has 0 spiro atoms. The van der Waals surface area contributed by atoms with Crippen LogP contribution in [0, 0.1) is 0 Å². The molecule has 1 aliphatic rings. The summed E-state index contributed by atoms with van der Waals surface area (Å²) in [5.74, 6) is -0.856. The maximum Gasteiger partial charge on any atom is 0.326 e. The van der Waals surface area contributed by atoms with Crippen molar-refractivity contribution in [3.63, 3.8) is 0 Å². The number of carboxylic acid groups (broad SMARTS) is 1. The molecule has 0 saturated heterocycles. The van der Waals surface area contributed by atoms with Gasteiger partial charge in [0.25, 0.3) is 5.91 Å². The molecule has 130 valence electrons. The molecule has 0 saturated carbocycles. The Labute approximate surface area is 144 Å². The molecule has 0 aliphatic carbocycles. The second-order valence-corrected chi connectivity index (χ2v) is 6.09. The number of aromatic amines is 1. The van der Waals surface area contributed by atoms with Crippen molar-refractivity contribution in [2.45, 2.75) is 25.9 Å². The number of carbonyl (C=O) groups excluding carboxylic acids is 1. The summed E-state index contributed by atoms with van der Waals surface area (Å²) >= 11 is 0. The lowest BCUT2D eigenvalue weighted by molar-refractivity contribution is -0.142. The highest BCUT2D eigenvalue weighted by atomic mass is 16.5. The molecule has 7 nitrogen and oxygen atoms in total. The van der Waals surface area contributed by atoms with Crippen molar-refractivity contribution >= 4 is 11.9 Å². The van der Waals surface area contributed by atoms with Gasteiger partial charge in [0, 0.05) is 12.0 Å². The summed E-state index contributed by atoms with van der Waals surface area (Å²) in [6.45, 7) is 6.16. The number of imidazole rings is 1. The van der Waals surface area contributed by atoms with E-state index in [2.05, 4.69) is 16.5 Å². The number of H-pyrrole nitrogens is 1. The Hall–Kier alpha value is -3.09. The van der Waals surface area contributed by atoms with Gasteiger partial charge in [-0.3, -0.25) is 4.79 Å². The summed E-state index contributed by atoms with van der Waals surface area (Å²) in [5, 5.41) is 9.50. The second kappa shape index (κ2) is 6.80. The van der Waals surface area contributed by atoms with Gasteiger partial charge in [-0.1, -0.05) is 12.6 Å². The first-order valence-electron chi connectivity index (χ1n) is 7.88. The highest BCUT2D eigenvalue weighted by Gasteiger charge is 2.36. The minimum atomic E-state index is -1.04. The number of hydrogen-bond acceptors (Lipinski definition) is 4. The molecule has 2 aromatic rings. The predicted molar refractivity (Wildman–Crippen MR) is 90.3 cm³/mol. The first-order chi connectivity index (χ1) is 12.0. The van der Waals surface area contributed by atoms with Gasteiger partial charge in [0.2, 0.25) is 0 Å². The van der Waals surface area contributed by atoms with Crippen LogP contribution in [0.4, 0.5) is 0 Å². The summed E-state index contributed by atoms with van der Waals surface area (Å²) < 4.78 is 5.56. The Bertz CT molecular complexity index is 827. The number of amides is 1. The van der Waals surface area contributed by atoms with Crippen molar-refractivity contribution in [3.8, 4) is 5.75 Å². The molecule has 1 aliphatic heterocycles. The fourth-order valence-electron chi connectivity index (χ4n) is 2.76. The van der Waals surface area contributed by atoms with Crippen LogP contribution < -0.4 is 4.74 Å². The zero-order valence-electron chi connectivity index (χ0n) is 13.9. The maximum absolute atomic E-state index is 12.9. The van der Waals surface area contributed by atoms with Crippen LogP contribution in [-0.4, -0.2) is 44.5 Å². The number of fused-ring (bicyclic) bond motifs is 1. The van der Waals surface area contributed by atoms with Crippen LogP contribution in [-0.2, 0) is 17.8 Å². The summed E-state index contributed by atoms with van der Waals surface area (Å²) in [6.07, 6.45) is 1.70. The summed E-state index contributed by atoms with van der Waals surface area (Å²) in [5.41, 5.74) is 2.70. The third-order valence-corrected chi connectivity index (χ3v) is 4.01. The minimum Gasteiger partial charge on any atom is -0.489 e. The SMILES string of the molecule is C=C(C)COc1cccc(C(=O)N2Cc3[nH]cnc3C[C@H]2C(=O)O)c1. The Balaban J connectivity index is 1.85. The zero-order valence-corrected chi connectivity index (χ0v) is 13.9. The van der Waals surface area contributed by atoms with E-state index in [0.717, 1.165) is 11.3 Å². The molecule has 1 aromatic carbocycles. The van der Waals surface area contributed by atoms with Crippen molar-refractivity contribution < 1.29 is 19.4 Å². The molecule has 0 radical (unpaired) electrons. The first-order valence-corrected chi connectivity index (χ1v) is 7.88. The lowest BCUT2D eigenvalue weighted by Crippen LogP contribution is -2.48.